The molecule has 4 nitrogen and oxygen atoms in total. The first-order chi connectivity index (χ1) is 12.1. The number of hydrogen-bond donors (Lipinski definition) is 1. The maximum absolute atomic E-state index is 12.9. The minimum absolute atomic E-state index is 0.0833. The zero-order chi connectivity index (χ0) is 17.4. The van der Waals surface area contributed by atoms with Gasteiger partial charge in [-0.2, -0.15) is 0 Å². The Bertz CT molecular complexity index is 928. The normalized spacial score (nSPS) is 16.0. The van der Waals surface area contributed by atoms with Gasteiger partial charge < -0.3 is 5.32 Å². The molecule has 25 heavy (non-hydrogen) atoms. The van der Waals surface area contributed by atoms with E-state index in [1.165, 1.54) is 0 Å². The molecule has 0 radical (unpaired) electrons. The molecule has 1 N–H and O–H groups in total. The van der Waals surface area contributed by atoms with Gasteiger partial charge in [0.25, 0.3) is 5.91 Å². The van der Waals surface area contributed by atoms with Crippen molar-refractivity contribution in [2.45, 2.75) is 6.17 Å². The fraction of sp³-hybridized carbons (Fsp3) is 0.0526. The Balaban J connectivity index is 1.77. The minimum atomic E-state index is -0.335. The molecule has 1 amide bonds. The van der Waals surface area contributed by atoms with Crippen LogP contribution in [0, 0.1) is 0 Å². The van der Waals surface area contributed by atoms with Crippen LogP contribution in [0.3, 0.4) is 0 Å². The van der Waals surface area contributed by atoms with Crippen molar-refractivity contribution in [1.82, 2.24) is 4.98 Å². The van der Waals surface area contributed by atoms with Gasteiger partial charge in [0.1, 0.15) is 12.0 Å². The summed E-state index contributed by atoms with van der Waals surface area (Å²) >= 11 is 9.37. The third kappa shape index (κ3) is 3.01. The number of amides is 1. The molecule has 6 heteroatoms. The molecule has 0 fully saturated rings. The highest BCUT2D eigenvalue weighted by molar-refractivity contribution is 9.10. The third-order valence-corrected chi connectivity index (χ3v) is 4.82. The summed E-state index contributed by atoms with van der Waals surface area (Å²) in [6.45, 7) is 0. The Morgan fingerprint density at radius 1 is 1.04 bits per heavy atom. The number of carbonyl (C=O) groups is 1. The van der Waals surface area contributed by atoms with Crippen LogP contribution in [0.2, 0.25) is 5.02 Å². The third-order valence-electron chi connectivity index (χ3n) is 4.07. The summed E-state index contributed by atoms with van der Waals surface area (Å²) in [6, 6.07) is 18.9. The number of rotatable bonds is 3. The minimum Gasteiger partial charge on any atom is -0.361 e. The van der Waals surface area contributed by atoms with E-state index in [1.54, 1.807) is 23.2 Å². The standard InChI is InChI=1S/C19H13BrClN3O/c20-12-5-8-14(9-6-12)23-18-15-3-1-2-4-16(15)19(25)24(18)17-10-7-13(21)11-22-17/h1-11,18,23H. The lowest BCUT2D eigenvalue weighted by atomic mass is 10.1. The molecule has 124 valence electrons. The molecule has 0 spiro atoms. The van der Waals surface area contributed by atoms with E-state index in [0.717, 1.165) is 15.7 Å². The van der Waals surface area contributed by atoms with Gasteiger partial charge in [0.15, 0.2) is 0 Å². The van der Waals surface area contributed by atoms with Crippen molar-refractivity contribution in [1.29, 1.82) is 0 Å². The lowest BCUT2D eigenvalue weighted by Crippen LogP contribution is -2.32. The van der Waals surface area contributed by atoms with Crippen molar-refractivity contribution < 1.29 is 4.79 Å². The number of aromatic nitrogens is 1. The monoisotopic (exact) mass is 413 g/mol. The second kappa shape index (κ2) is 6.50. The van der Waals surface area contributed by atoms with Gasteiger partial charge >= 0.3 is 0 Å². The van der Waals surface area contributed by atoms with Crippen LogP contribution in [0.1, 0.15) is 22.1 Å². The van der Waals surface area contributed by atoms with Gasteiger partial charge in [-0.25, -0.2) is 4.98 Å². The Kier molecular flexibility index (Phi) is 4.19. The van der Waals surface area contributed by atoms with Crippen molar-refractivity contribution in [2.75, 3.05) is 10.2 Å². The SMILES string of the molecule is O=C1c2ccccc2C(Nc2ccc(Br)cc2)N1c1ccc(Cl)cn1. The van der Waals surface area contributed by atoms with E-state index >= 15 is 0 Å². The number of carbonyl (C=O) groups excluding carboxylic acids is 1. The van der Waals surface area contributed by atoms with Crippen molar-refractivity contribution in [2.24, 2.45) is 0 Å². The predicted molar refractivity (Wildman–Crippen MR) is 103 cm³/mol. The van der Waals surface area contributed by atoms with E-state index < -0.39 is 0 Å². The summed E-state index contributed by atoms with van der Waals surface area (Å²) in [7, 11) is 0. The van der Waals surface area contributed by atoms with Crippen LogP contribution in [0.15, 0.2) is 71.3 Å². The van der Waals surface area contributed by atoms with E-state index in [2.05, 4.69) is 26.2 Å². The number of nitrogens with one attached hydrogen (secondary N) is 1. The summed E-state index contributed by atoms with van der Waals surface area (Å²) in [4.78, 5) is 18.9. The molecule has 0 saturated carbocycles. The summed E-state index contributed by atoms with van der Waals surface area (Å²) in [5.74, 6) is 0.472. The number of fused-ring (bicyclic) bond motifs is 1. The van der Waals surface area contributed by atoms with Crippen molar-refractivity contribution in [3.63, 3.8) is 0 Å². The van der Waals surface area contributed by atoms with Gasteiger partial charge in [0.2, 0.25) is 0 Å². The lowest BCUT2D eigenvalue weighted by Gasteiger charge is -2.26. The highest BCUT2D eigenvalue weighted by Crippen LogP contribution is 2.37. The van der Waals surface area contributed by atoms with Crippen LogP contribution in [0.25, 0.3) is 0 Å². The summed E-state index contributed by atoms with van der Waals surface area (Å²) in [5, 5.41) is 3.96. The molecule has 1 unspecified atom stereocenters. The molecule has 0 saturated heterocycles. The second-order valence-corrected chi connectivity index (χ2v) is 7.00. The highest BCUT2D eigenvalue weighted by atomic mass is 79.9. The number of halogens is 2. The van der Waals surface area contributed by atoms with E-state index in [-0.39, 0.29) is 12.1 Å². The molecule has 1 aliphatic heterocycles. The van der Waals surface area contributed by atoms with Crippen LogP contribution >= 0.6 is 27.5 Å². The molecule has 3 aromatic rings. The molecule has 1 aromatic heterocycles. The van der Waals surface area contributed by atoms with E-state index in [1.807, 2.05) is 48.5 Å². The van der Waals surface area contributed by atoms with Crippen molar-refractivity contribution in [3.8, 4) is 0 Å². The molecule has 1 atom stereocenters. The van der Waals surface area contributed by atoms with Crippen LogP contribution in [0.4, 0.5) is 11.5 Å². The predicted octanol–water partition coefficient (Wildman–Crippen LogP) is 5.27. The van der Waals surface area contributed by atoms with E-state index in [9.17, 15) is 4.79 Å². The van der Waals surface area contributed by atoms with E-state index in [0.29, 0.717) is 16.4 Å². The van der Waals surface area contributed by atoms with Gasteiger partial charge in [0.05, 0.1) is 5.02 Å². The van der Waals surface area contributed by atoms with Crippen molar-refractivity contribution in [3.05, 3.63) is 87.5 Å². The number of anilines is 2. The first-order valence-electron chi connectivity index (χ1n) is 7.69. The zero-order valence-electron chi connectivity index (χ0n) is 13.0. The molecule has 2 aromatic carbocycles. The van der Waals surface area contributed by atoms with Gasteiger partial charge in [-0.05, 0) is 42.5 Å². The Morgan fingerprint density at radius 3 is 2.52 bits per heavy atom. The molecule has 1 aliphatic rings. The van der Waals surface area contributed by atoms with Crippen LogP contribution in [-0.2, 0) is 0 Å². The quantitative estimate of drug-likeness (QED) is 0.635. The van der Waals surface area contributed by atoms with Gasteiger partial charge in [0, 0.05) is 27.5 Å². The Hall–Kier alpha value is -2.37. The van der Waals surface area contributed by atoms with Crippen LogP contribution in [-0.4, -0.2) is 10.9 Å². The highest BCUT2D eigenvalue weighted by Gasteiger charge is 2.38. The number of pyridine rings is 1. The molecule has 4 rings (SSSR count). The fourth-order valence-electron chi connectivity index (χ4n) is 2.91. The molecule has 2 heterocycles. The zero-order valence-corrected chi connectivity index (χ0v) is 15.3. The smallest absolute Gasteiger partial charge is 0.261 e. The number of hydrogen-bond acceptors (Lipinski definition) is 3. The van der Waals surface area contributed by atoms with Crippen LogP contribution < -0.4 is 10.2 Å². The maximum atomic E-state index is 12.9. The summed E-state index contributed by atoms with van der Waals surface area (Å²) < 4.78 is 0.997. The average molecular weight is 415 g/mol. The lowest BCUT2D eigenvalue weighted by molar-refractivity contribution is 0.0992. The first-order valence-corrected chi connectivity index (χ1v) is 8.87. The number of benzene rings is 2. The van der Waals surface area contributed by atoms with Crippen LogP contribution in [0.5, 0.6) is 0 Å². The number of nitrogens with zero attached hydrogens (tertiary/aromatic N) is 2. The van der Waals surface area contributed by atoms with Gasteiger partial charge in [-0.3, -0.25) is 9.69 Å². The topological polar surface area (TPSA) is 45.2 Å². The average Bonchev–Trinajstić information content (AvgIpc) is 2.90. The van der Waals surface area contributed by atoms with E-state index in [4.69, 9.17) is 11.6 Å². The molecule has 0 aliphatic carbocycles. The maximum Gasteiger partial charge on any atom is 0.261 e. The Morgan fingerprint density at radius 2 is 1.80 bits per heavy atom. The molecule has 0 bridgehead atoms. The fourth-order valence-corrected chi connectivity index (χ4v) is 3.29. The van der Waals surface area contributed by atoms with Gasteiger partial charge in [-0.15, -0.1) is 0 Å². The largest absolute Gasteiger partial charge is 0.361 e. The summed E-state index contributed by atoms with van der Waals surface area (Å²) in [5.41, 5.74) is 2.51. The second-order valence-electron chi connectivity index (χ2n) is 5.65. The van der Waals surface area contributed by atoms with Crippen molar-refractivity contribution >= 4 is 44.9 Å². The summed E-state index contributed by atoms with van der Waals surface area (Å²) in [6.07, 6.45) is 1.21. The Labute approximate surface area is 158 Å². The first kappa shape index (κ1) is 16.1. The molecular formula is C19H13BrClN3O. The van der Waals surface area contributed by atoms with Gasteiger partial charge in [-0.1, -0.05) is 45.7 Å². The molecular weight excluding hydrogens is 402 g/mol.